The quantitative estimate of drug-likeness (QED) is 0.667. The first-order valence-electron chi connectivity index (χ1n) is 10.4. The number of para-hydroxylation sites is 1. The molecule has 0 unspecified atom stereocenters. The fraction of sp³-hybridized carbons (Fsp3) is 0.333. The Morgan fingerprint density at radius 1 is 0.935 bits per heavy atom. The van der Waals surface area contributed by atoms with E-state index in [0.717, 1.165) is 0 Å². The monoisotopic (exact) mass is 422 g/mol. The molecule has 162 valence electrons. The Hall–Kier alpha value is -3.32. The lowest BCUT2D eigenvalue weighted by Gasteiger charge is -2.29. The maximum atomic E-state index is 13.6. The number of morpholine rings is 1. The van der Waals surface area contributed by atoms with E-state index in [1.165, 1.54) is 4.90 Å². The maximum Gasteiger partial charge on any atom is 0.282 e. The van der Waals surface area contributed by atoms with Crippen molar-refractivity contribution in [1.82, 2.24) is 4.90 Å². The zero-order valence-corrected chi connectivity index (χ0v) is 18.0. The van der Waals surface area contributed by atoms with Crippen molar-refractivity contribution >= 4 is 23.1 Å². The van der Waals surface area contributed by atoms with Crippen LogP contribution in [0.2, 0.25) is 0 Å². The number of anilines is 1. The van der Waals surface area contributed by atoms with Crippen LogP contribution in [0, 0.1) is 0 Å². The van der Waals surface area contributed by atoms with Crippen molar-refractivity contribution in [3.05, 3.63) is 59.8 Å². The number of rotatable bonds is 6. The number of hydrogen-bond acceptors (Lipinski definition) is 6. The topological polar surface area (TPSA) is 68.3 Å². The maximum absolute atomic E-state index is 13.6. The van der Waals surface area contributed by atoms with Gasteiger partial charge in [-0.05, 0) is 44.2 Å². The van der Waals surface area contributed by atoms with E-state index >= 15 is 0 Å². The number of nitrogens with zero attached hydrogens (tertiary/aromatic N) is 2. The Balaban J connectivity index is 1.77. The second kappa shape index (κ2) is 8.81. The van der Waals surface area contributed by atoms with Crippen LogP contribution in [0.1, 0.15) is 19.4 Å². The summed E-state index contributed by atoms with van der Waals surface area (Å²) in [6.07, 6.45) is 0.0349. The fourth-order valence-corrected chi connectivity index (χ4v) is 3.87. The molecule has 2 aromatic carbocycles. The number of hydrogen-bond donors (Lipinski definition) is 0. The summed E-state index contributed by atoms with van der Waals surface area (Å²) in [6, 6.07) is 14.3. The minimum Gasteiger partial charge on any atom is -0.496 e. The molecule has 0 atom stereocenters. The van der Waals surface area contributed by atoms with Crippen molar-refractivity contribution in [2.45, 2.75) is 20.0 Å². The molecule has 0 aliphatic carbocycles. The van der Waals surface area contributed by atoms with Crippen molar-refractivity contribution in [2.75, 3.05) is 38.3 Å². The van der Waals surface area contributed by atoms with Crippen molar-refractivity contribution in [3.63, 3.8) is 0 Å². The number of carbonyl (C=O) groups is 2. The van der Waals surface area contributed by atoms with E-state index in [2.05, 4.69) is 0 Å². The van der Waals surface area contributed by atoms with Gasteiger partial charge in [-0.15, -0.1) is 0 Å². The molecule has 31 heavy (non-hydrogen) atoms. The third kappa shape index (κ3) is 4.01. The average molecular weight is 422 g/mol. The van der Waals surface area contributed by atoms with E-state index < -0.39 is 0 Å². The van der Waals surface area contributed by atoms with Gasteiger partial charge in [0.2, 0.25) is 0 Å². The van der Waals surface area contributed by atoms with E-state index in [0.29, 0.717) is 60.3 Å². The van der Waals surface area contributed by atoms with Crippen molar-refractivity contribution in [3.8, 4) is 11.5 Å². The molecule has 0 saturated carbocycles. The van der Waals surface area contributed by atoms with Crippen LogP contribution >= 0.6 is 0 Å². The number of methoxy groups -OCH3 is 1. The van der Waals surface area contributed by atoms with Crippen molar-refractivity contribution in [2.24, 2.45) is 0 Å². The minimum absolute atomic E-state index is 0.0349. The minimum atomic E-state index is -0.367. The van der Waals surface area contributed by atoms with Gasteiger partial charge in [0.15, 0.2) is 0 Å². The van der Waals surface area contributed by atoms with Gasteiger partial charge in [-0.2, -0.15) is 0 Å². The van der Waals surface area contributed by atoms with Gasteiger partial charge in [-0.25, -0.2) is 4.90 Å². The van der Waals surface area contributed by atoms with Crippen LogP contribution in [0.25, 0.3) is 5.57 Å². The first kappa shape index (κ1) is 20.9. The van der Waals surface area contributed by atoms with Crippen LogP contribution in [-0.2, 0) is 14.3 Å². The Morgan fingerprint density at radius 2 is 1.61 bits per heavy atom. The molecule has 1 saturated heterocycles. The third-order valence-electron chi connectivity index (χ3n) is 5.23. The lowest BCUT2D eigenvalue weighted by Crippen LogP contribution is -2.40. The number of amides is 2. The molecule has 0 radical (unpaired) electrons. The molecule has 0 bridgehead atoms. The first-order chi connectivity index (χ1) is 15.0. The molecule has 2 aromatic rings. The predicted molar refractivity (Wildman–Crippen MR) is 117 cm³/mol. The molecular formula is C24H26N2O5. The molecule has 7 heteroatoms. The van der Waals surface area contributed by atoms with Gasteiger partial charge in [-0.1, -0.05) is 18.2 Å². The lowest BCUT2D eigenvalue weighted by atomic mass is 10.0. The van der Waals surface area contributed by atoms with Crippen LogP contribution in [0.5, 0.6) is 11.5 Å². The smallest absolute Gasteiger partial charge is 0.282 e. The second-order valence-corrected chi connectivity index (χ2v) is 7.63. The molecule has 2 amide bonds. The van der Waals surface area contributed by atoms with Crippen LogP contribution in [0.4, 0.5) is 5.69 Å². The first-order valence-corrected chi connectivity index (χ1v) is 10.4. The summed E-state index contributed by atoms with van der Waals surface area (Å²) in [4.78, 5) is 30.3. The summed E-state index contributed by atoms with van der Waals surface area (Å²) in [5, 5.41) is 0. The Kier molecular flexibility index (Phi) is 5.95. The highest BCUT2D eigenvalue weighted by molar-refractivity contribution is 6.45. The predicted octanol–water partition coefficient (Wildman–Crippen LogP) is 3.10. The van der Waals surface area contributed by atoms with Crippen LogP contribution < -0.4 is 14.4 Å². The van der Waals surface area contributed by atoms with Crippen LogP contribution in [-0.4, -0.2) is 56.2 Å². The molecule has 1 fully saturated rings. The van der Waals surface area contributed by atoms with Gasteiger partial charge in [0.25, 0.3) is 11.8 Å². The number of imide groups is 1. The molecule has 2 heterocycles. The van der Waals surface area contributed by atoms with Crippen molar-refractivity contribution in [1.29, 1.82) is 0 Å². The number of ether oxygens (including phenoxy) is 3. The molecule has 4 rings (SSSR count). The summed E-state index contributed by atoms with van der Waals surface area (Å²) < 4.78 is 16.6. The zero-order valence-electron chi connectivity index (χ0n) is 18.0. The lowest BCUT2D eigenvalue weighted by molar-refractivity contribution is -0.121. The van der Waals surface area contributed by atoms with Gasteiger partial charge in [0.05, 0.1) is 37.7 Å². The molecule has 7 nitrogen and oxygen atoms in total. The second-order valence-electron chi connectivity index (χ2n) is 7.63. The number of carbonyl (C=O) groups excluding carboxylic acids is 2. The zero-order chi connectivity index (χ0) is 22.0. The Bertz CT molecular complexity index is 1010. The molecular weight excluding hydrogens is 396 g/mol. The van der Waals surface area contributed by atoms with Gasteiger partial charge < -0.3 is 19.1 Å². The van der Waals surface area contributed by atoms with E-state index in [1.807, 2.05) is 36.9 Å². The van der Waals surface area contributed by atoms with Crippen molar-refractivity contribution < 1.29 is 23.8 Å². The third-order valence-corrected chi connectivity index (χ3v) is 5.23. The molecule has 0 N–H and O–H groups in total. The van der Waals surface area contributed by atoms with Gasteiger partial charge in [-0.3, -0.25) is 9.59 Å². The summed E-state index contributed by atoms with van der Waals surface area (Å²) in [6.45, 7) is 5.99. The average Bonchev–Trinajstić information content (AvgIpc) is 3.04. The molecule has 0 spiro atoms. The van der Waals surface area contributed by atoms with E-state index in [-0.39, 0.29) is 17.9 Å². The van der Waals surface area contributed by atoms with E-state index in [4.69, 9.17) is 14.2 Å². The van der Waals surface area contributed by atoms with Gasteiger partial charge >= 0.3 is 0 Å². The van der Waals surface area contributed by atoms with E-state index in [9.17, 15) is 9.59 Å². The van der Waals surface area contributed by atoms with Crippen LogP contribution in [0.3, 0.4) is 0 Å². The standard InChI is InChI=1S/C24H26N2O5/c1-16(2)31-18-10-8-17(9-11-18)26-23(27)21(19-6-4-5-7-20(19)29-3)22(24(26)28)25-12-14-30-15-13-25/h4-11,16H,12-15H2,1-3H3. The number of benzene rings is 2. The van der Waals surface area contributed by atoms with Crippen LogP contribution in [0.15, 0.2) is 54.2 Å². The Morgan fingerprint density at radius 3 is 2.26 bits per heavy atom. The summed E-state index contributed by atoms with van der Waals surface area (Å²) in [5.74, 6) is 0.523. The van der Waals surface area contributed by atoms with Gasteiger partial charge in [0, 0.05) is 18.7 Å². The molecule has 2 aliphatic heterocycles. The summed E-state index contributed by atoms with van der Waals surface area (Å²) in [7, 11) is 1.56. The fourth-order valence-electron chi connectivity index (χ4n) is 3.87. The normalized spacial score (nSPS) is 17.0. The molecule has 0 aromatic heterocycles. The summed E-state index contributed by atoms with van der Waals surface area (Å²) >= 11 is 0. The highest BCUT2D eigenvalue weighted by Gasteiger charge is 2.43. The van der Waals surface area contributed by atoms with Gasteiger partial charge in [0.1, 0.15) is 17.2 Å². The largest absolute Gasteiger partial charge is 0.496 e. The SMILES string of the molecule is COc1ccccc1C1=C(N2CCOCC2)C(=O)N(c2ccc(OC(C)C)cc2)C1=O. The van der Waals surface area contributed by atoms with E-state index in [1.54, 1.807) is 37.4 Å². The highest BCUT2D eigenvalue weighted by atomic mass is 16.5. The molecule has 2 aliphatic rings. The highest BCUT2D eigenvalue weighted by Crippen LogP contribution is 2.38. The summed E-state index contributed by atoms with van der Waals surface area (Å²) in [5.41, 5.74) is 1.85. The Labute approximate surface area is 181 Å².